The third-order valence-corrected chi connectivity index (χ3v) is 5.13. The molecule has 2 rings (SSSR count). The molecule has 0 saturated carbocycles. The highest BCUT2D eigenvalue weighted by atomic mass is 32.2. The summed E-state index contributed by atoms with van der Waals surface area (Å²) in [6.07, 6.45) is 1.30. The number of hydrogen-bond donors (Lipinski definition) is 3. The molecular weight excluding hydrogens is 349 g/mol. The molecule has 1 atom stereocenters. The van der Waals surface area contributed by atoms with E-state index in [2.05, 4.69) is 10.0 Å². The molecule has 25 heavy (non-hydrogen) atoms. The maximum absolute atomic E-state index is 13.3. The van der Waals surface area contributed by atoms with Gasteiger partial charge in [0.25, 0.3) is 5.91 Å². The summed E-state index contributed by atoms with van der Waals surface area (Å²) >= 11 is 0. The van der Waals surface area contributed by atoms with Crippen molar-refractivity contribution in [2.75, 3.05) is 11.9 Å². The normalized spacial score (nSPS) is 12.8. The van der Waals surface area contributed by atoms with Crippen molar-refractivity contribution in [3.63, 3.8) is 0 Å². The monoisotopic (exact) mass is 369 g/mol. The number of amides is 1. The molecule has 3 N–H and O–H groups in total. The molecule has 1 heterocycles. The Morgan fingerprint density at radius 1 is 1.36 bits per heavy atom. The first kappa shape index (κ1) is 19.1. The van der Waals surface area contributed by atoms with Gasteiger partial charge in [-0.2, -0.15) is 0 Å². The average Bonchev–Trinajstić information content (AvgIpc) is 2.93. The Balaban J connectivity index is 2.24. The topological polar surface area (TPSA) is 100 Å². The van der Waals surface area contributed by atoms with Crippen molar-refractivity contribution >= 4 is 21.6 Å². The summed E-state index contributed by atoms with van der Waals surface area (Å²) in [7, 11) is -2.31. The predicted molar refractivity (Wildman–Crippen MR) is 91.4 cm³/mol. The van der Waals surface area contributed by atoms with E-state index in [1.807, 2.05) is 0 Å². The number of rotatable bonds is 6. The number of nitrogens with zero attached hydrogens (tertiary/aromatic N) is 1. The number of aromatic nitrogens is 1. The van der Waals surface area contributed by atoms with Crippen LogP contribution in [0.5, 0.6) is 0 Å². The number of carbonyl (C=O) groups excluding carboxylic acids is 1. The zero-order chi connectivity index (χ0) is 18.8. The second-order valence-electron chi connectivity index (χ2n) is 5.79. The summed E-state index contributed by atoms with van der Waals surface area (Å²) in [6.45, 7) is 2.75. The van der Waals surface area contributed by atoms with Crippen LogP contribution in [0, 0.1) is 12.7 Å². The Kier molecular flexibility index (Phi) is 5.61. The van der Waals surface area contributed by atoms with E-state index < -0.39 is 22.0 Å². The first-order chi connectivity index (χ1) is 11.6. The van der Waals surface area contributed by atoms with Crippen LogP contribution >= 0.6 is 0 Å². The minimum atomic E-state index is -3.85. The van der Waals surface area contributed by atoms with E-state index in [-0.39, 0.29) is 23.0 Å². The van der Waals surface area contributed by atoms with Gasteiger partial charge in [0.1, 0.15) is 16.4 Å². The number of hydrogen-bond acceptors (Lipinski definition) is 4. The summed E-state index contributed by atoms with van der Waals surface area (Å²) < 4.78 is 41.4. The smallest absolute Gasteiger partial charge is 0.272 e. The molecule has 0 bridgehead atoms. The zero-order valence-electron chi connectivity index (χ0n) is 14.1. The van der Waals surface area contributed by atoms with Crippen molar-refractivity contribution in [3.8, 4) is 0 Å². The van der Waals surface area contributed by atoms with Crippen molar-refractivity contribution in [1.82, 2.24) is 9.29 Å². The SMILES string of the molecule is Cc1cc(NC(=O)c2cc(S(=O)(=O)N[C@H](C)CO)cn2C)ccc1F. The van der Waals surface area contributed by atoms with Crippen LogP contribution in [0.25, 0.3) is 0 Å². The largest absolute Gasteiger partial charge is 0.395 e. The lowest BCUT2D eigenvalue weighted by molar-refractivity contribution is 0.101. The number of carbonyl (C=O) groups is 1. The zero-order valence-corrected chi connectivity index (χ0v) is 14.9. The summed E-state index contributed by atoms with van der Waals surface area (Å²) in [4.78, 5) is 12.3. The van der Waals surface area contributed by atoms with Crippen molar-refractivity contribution in [2.45, 2.75) is 24.8 Å². The summed E-state index contributed by atoms with van der Waals surface area (Å²) in [5.74, 6) is -0.903. The van der Waals surface area contributed by atoms with Crippen LogP contribution in [0.4, 0.5) is 10.1 Å². The molecule has 0 spiro atoms. The summed E-state index contributed by atoms with van der Waals surface area (Å²) in [5, 5.41) is 11.6. The third-order valence-electron chi connectivity index (χ3n) is 3.57. The number of nitrogens with one attached hydrogen (secondary N) is 2. The number of aryl methyl sites for hydroxylation is 2. The molecule has 136 valence electrons. The first-order valence-corrected chi connectivity index (χ1v) is 8.99. The fraction of sp³-hybridized carbons (Fsp3) is 0.312. The van der Waals surface area contributed by atoms with Crippen molar-refractivity contribution < 1.29 is 22.7 Å². The highest BCUT2D eigenvalue weighted by Gasteiger charge is 2.22. The minimum absolute atomic E-state index is 0.0873. The molecule has 0 unspecified atom stereocenters. The molecule has 0 aliphatic carbocycles. The van der Waals surface area contributed by atoms with E-state index in [0.29, 0.717) is 11.3 Å². The molecule has 2 aromatic rings. The second-order valence-corrected chi connectivity index (χ2v) is 7.51. The molecule has 0 saturated heterocycles. The van der Waals surface area contributed by atoms with Gasteiger partial charge in [-0.1, -0.05) is 0 Å². The van der Waals surface area contributed by atoms with Gasteiger partial charge in [-0.05, 0) is 43.7 Å². The van der Waals surface area contributed by atoms with Crippen molar-refractivity contribution in [2.24, 2.45) is 7.05 Å². The second kappa shape index (κ2) is 7.34. The predicted octanol–water partition coefficient (Wildman–Crippen LogP) is 1.38. The highest BCUT2D eigenvalue weighted by Crippen LogP contribution is 2.18. The van der Waals surface area contributed by atoms with Crippen LogP contribution in [0.2, 0.25) is 0 Å². The summed E-state index contributed by atoms with van der Waals surface area (Å²) in [5.41, 5.74) is 0.913. The van der Waals surface area contributed by atoms with E-state index in [0.717, 1.165) is 0 Å². The van der Waals surface area contributed by atoms with E-state index in [1.54, 1.807) is 14.0 Å². The van der Waals surface area contributed by atoms with Crippen molar-refractivity contribution in [1.29, 1.82) is 0 Å². The van der Waals surface area contributed by atoms with Gasteiger partial charge in [-0.15, -0.1) is 0 Å². The van der Waals surface area contributed by atoms with E-state index in [1.165, 1.54) is 42.0 Å². The van der Waals surface area contributed by atoms with Crippen LogP contribution in [0.1, 0.15) is 23.0 Å². The third kappa shape index (κ3) is 4.44. The number of aliphatic hydroxyl groups is 1. The van der Waals surface area contributed by atoms with Crippen LogP contribution in [-0.4, -0.2) is 36.6 Å². The maximum Gasteiger partial charge on any atom is 0.272 e. The molecule has 0 aliphatic heterocycles. The van der Waals surface area contributed by atoms with Crippen LogP contribution < -0.4 is 10.0 Å². The van der Waals surface area contributed by atoms with E-state index in [4.69, 9.17) is 5.11 Å². The number of halogens is 1. The fourth-order valence-electron chi connectivity index (χ4n) is 2.19. The lowest BCUT2D eigenvalue weighted by Crippen LogP contribution is -2.34. The van der Waals surface area contributed by atoms with Gasteiger partial charge in [-0.25, -0.2) is 17.5 Å². The highest BCUT2D eigenvalue weighted by molar-refractivity contribution is 7.89. The van der Waals surface area contributed by atoms with E-state index in [9.17, 15) is 17.6 Å². The molecule has 0 fully saturated rings. The van der Waals surface area contributed by atoms with Gasteiger partial charge in [-0.3, -0.25) is 4.79 Å². The number of benzene rings is 1. The molecular formula is C16H20FN3O4S. The fourth-order valence-corrected chi connectivity index (χ4v) is 3.50. The van der Waals surface area contributed by atoms with Gasteiger partial charge in [0.15, 0.2) is 0 Å². The molecule has 1 aromatic carbocycles. The van der Waals surface area contributed by atoms with Crippen molar-refractivity contribution in [3.05, 3.63) is 47.5 Å². The number of aliphatic hydroxyl groups excluding tert-OH is 1. The quantitative estimate of drug-likeness (QED) is 0.716. The Bertz CT molecular complexity index is 893. The standard InChI is InChI=1S/C16H20FN3O4S/c1-10-6-12(4-5-14(10)17)18-16(22)15-7-13(8-20(15)3)25(23,24)19-11(2)9-21/h4-8,11,19,21H,9H2,1-3H3,(H,18,22)/t11-/m1/s1. The van der Waals surface area contributed by atoms with Crippen LogP contribution in [0.15, 0.2) is 35.4 Å². The lowest BCUT2D eigenvalue weighted by atomic mass is 10.2. The van der Waals surface area contributed by atoms with E-state index >= 15 is 0 Å². The lowest BCUT2D eigenvalue weighted by Gasteiger charge is -2.09. The molecule has 9 heteroatoms. The number of anilines is 1. The van der Waals surface area contributed by atoms with Crippen LogP contribution in [-0.2, 0) is 17.1 Å². The Hall–Kier alpha value is -2.23. The Labute approximate surface area is 145 Å². The van der Waals surface area contributed by atoms with Gasteiger partial charge in [0.2, 0.25) is 10.0 Å². The van der Waals surface area contributed by atoms with Crippen LogP contribution in [0.3, 0.4) is 0 Å². The van der Waals surface area contributed by atoms with Gasteiger partial charge < -0.3 is 15.0 Å². The van der Waals surface area contributed by atoms with Gasteiger partial charge >= 0.3 is 0 Å². The Morgan fingerprint density at radius 2 is 2.04 bits per heavy atom. The number of sulfonamides is 1. The molecule has 1 aromatic heterocycles. The van der Waals surface area contributed by atoms with Gasteiger partial charge in [0, 0.05) is 25.0 Å². The molecule has 0 radical (unpaired) electrons. The minimum Gasteiger partial charge on any atom is -0.395 e. The molecule has 7 nitrogen and oxygen atoms in total. The molecule has 1 amide bonds. The maximum atomic E-state index is 13.3. The summed E-state index contributed by atoms with van der Waals surface area (Å²) in [6, 6.07) is 4.73. The molecule has 0 aliphatic rings. The average molecular weight is 369 g/mol. The Morgan fingerprint density at radius 3 is 2.64 bits per heavy atom. The first-order valence-electron chi connectivity index (χ1n) is 7.51. The van der Waals surface area contributed by atoms with Gasteiger partial charge in [0.05, 0.1) is 6.61 Å².